The summed E-state index contributed by atoms with van der Waals surface area (Å²) in [5.41, 5.74) is 6.17. The van der Waals surface area contributed by atoms with Gasteiger partial charge in [-0.05, 0) is 18.8 Å². The Morgan fingerprint density at radius 2 is 2.20 bits per heavy atom. The molecule has 1 aromatic rings. The van der Waals surface area contributed by atoms with Crippen LogP contribution in [0.2, 0.25) is 0 Å². The molecule has 0 spiro atoms. The third-order valence-electron chi connectivity index (χ3n) is 2.61. The molecule has 1 heterocycles. The fourth-order valence-electron chi connectivity index (χ4n) is 1.57. The van der Waals surface area contributed by atoms with Gasteiger partial charge in [-0.1, -0.05) is 0 Å². The summed E-state index contributed by atoms with van der Waals surface area (Å²) in [5.74, 6) is -1.89. The van der Waals surface area contributed by atoms with Gasteiger partial charge in [-0.15, -0.1) is 0 Å². The van der Waals surface area contributed by atoms with Crippen LogP contribution in [0.5, 0.6) is 5.75 Å². The van der Waals surface area contributed by atoms with Gasteiger partial charge >= 0.3 is 0 Å². The van der Waals surface area contributed by atoms with Crippen LogP contribution in [0.4, 0.5) is 8.78 Å². The quantitative estimate of drug-likeness (QED) is 0.834. The Hall–Kier alpha value is -1.23. The topological polar surface area (TPSA) is 48.1 Å². The third-order valence-corrected chi connectivity index (χ3v) is 2.61. The average molecular weight is 214 g/mol. The van der Waals surface area contributed by atoms with Gasteiger partial charge in [0.15, 0.2) is 11.6 Å². The summed E-state index contributed by atoms with van der Waals surface area (Å²) in [6.07, 6.45) is 2.85. The highest BCUT2D eigenvalue weighted by atomic mass is 19.2. The Kier molecular flexibility index (Phi) is 2.56. The summed E-state index contributed by atoms with van der Waals surface area (Å²) in [7, 11) is 1.28. The van der Waals surface area contributed by atoms with Gasteiger partial charge in [-0.3, -0.25) is 4.98 Å². The van der Waals surface area contributed by atoms with Crippen molar-refractivity contribution in [1.82, 2.24) is 4.98 Å². The fraction of sp³-hybridized carbons (Fsp3) is 0.500. The lowest BCUT2D eigenvalue weighted by Crippen LogP contribution is -2.16. The second kappa shape index (κ2) is 3.73. The maximum atomic E-state index is 13.3. The van der Waals surface area contributed by atoms with Gasteiger partial charge < -0.3 is 10.5 Å². The van der Waals surface area contributed by atoms with Crippen molar-refractivity contribution in [2.75, 3.05) is 7.11 Å². The molecule has 2 rings (SSSR count). The van der Waals surface area contributed by atoms with Gasteiger partial charge in [0.05, 0.1) is 19.3 Å². The van der Waals surface area contributed by atoms with Crippen LogP contribution in [0.15, 0.2) is 6.20 Å². The molecule has 1 fully saturated rings. The summed E-state index contributed by atoms with van der Waals surface area (Å²) >= 11 is 0. The van der Waals surface area contributed by atoms with Crippen LogP contribution in [0, 0.1) is 17.6 Å². The van der Waals surface area contributed by atoms with Crippen molar-refractivity contribution >= 4 is 0 Å². The number of nitrogens with two attached hydrogens (primary N) is 1. The van der Waals surface area contributed by atoms with E-state index in [0.717, 1.165) is 19.0 Å². The van der Waals surface area contributed by atoms with Crippen molar-refractivity contribution in [1.29, 1.82) is 0 Å². The van der Waals surface area contributed by atoms with Crippen LogP contribution >= 0.6 is 0 Å². The van der Waals surface area contributed by atoms with Gasteiger partial charge in [0, 0.05) is 0 Å². The Balaban J connectivity index is 2.41. The standard InChI is InChI=1S/C10H12F2N2O/c1-15-10-7(12)6(11)4-14-9(10)8(13)5-2-3-5/h4-5,8H,2-3,13H2,1H3. The van der Waals surface area contributed by atoms with E-state index in [-0.39, 0.29) is 11.8 Å². The fourth-order valence-corrected chi connectivity index (χ4v) is 1.57. The van der Waals surface area contributed by atoms with Crippen molar-refractivity contribution in [2.45, 2.75) is 18.9 Å². The highest BCUT2D eigenvalue weighted by Crippen LogP contribution is 2.41. The van der Waals surface area contributed by atoms with Crippen molar-refractivity contribution in [3.05, 3.63) is 23.5 Å². The first-order valence-corrected chi connectivity index (χ1v) is 4.78. The van der Waals surface area contributed by atoms with Gasteiger partial charge in [-0.25, -0.2) is 4.39 Å². The van der Waals surface area contributed by atoms with Crippen molar-refractivity contribution in [3.8, 4) is 5.75 Å². The van der Waals surface area contributed by atoms with Crippen LogP contribution < -0.4 is 10.5 Å². The maximum absolute atomic E-state index is 13.3. The normalized spacial score (nSPS) is 17.6. The molecule has 5 heteroatoms. The number of hydrogen-bond acceptors (Lipinski definition) is 3. The molecule has 0 aliphatic heterocycles. The van der Waals surface area contributed by atoms with Crippen molar-refractivity contribution in [2.24, 2.45) is 11.7 Å². The highest BCUT2D eigenvalue weighted by Gasteiger charge is 2.33. The molecule has 0 aromatic carbocycles. The van der Waals surface area contributed by atoms with Crippen molar-refractivity contribution < 1.29 is 13.5 Å². The van der Waals surface area contributed by atoms with E-state index in [1.807, 2.05) is 0 Å². The van der Waals surface area contributed by atoms with E-state index in [2.05, 4.69) is 4.98 Å². The predicted molar refractivity (Wildman–Crippen MR) is 50.4 cm³/mol. The number of ether oxygens (including phenoxy) is 1. The molecule has 0 saturated heterocycles. The van der Waals surface area contributed by atoms with Crippen LogP contribution in [0.1, 0.15) is 24.6 Å². The van der Waals surface area contributed by atoms with E-state index in [0.29, 0.717) is 11.6 Å². The summed E-state index contributed by atoms with van der Waals surface area (Å²) in [6, 6.07) is -0.366. The number of hydrogen-bond donors (Lipinski definition) is 1. The largest absolute Gasteiger partial charge is 0.492 e. The molecule has 1 saturated carbocycles. The lowest BCUT2D eigenvalue weighted by Gasteiger charge is -2.14. The molecular weight excluding hydrogens is 202 g/mol. The average Bonchev–Trinajstić information content (AvgIpc) is 3.04. The number of methoxy groups -OCH3 is 1. The molecule has 1 atom stereocenters. The lowest BCUT2D eigenvalue weighted by molar-refractivity contribution is 0.356. The molecule has 82 valence electrons. The maximum Gasteiger partial charge on any atom is 0.204 e. The van der Waals surface area contributed by atoms with Crippen LogP contribution in [0.25, 0.3) is 0 Å². The Bertz CT molecular complexity index is 380. The Morgan fingerprint density at radius 3 is 2.73 bits per heavy atom. The molecule has 1 unspecified atom stereocenters. The molecular formula is C10H12F2N2O. The smallest absolute Gasteiger partial charge is 0.204 e. The monoisotopic (exact) mass is 214 g/mol. The van der Waals surface area contributed by atoms with E-state index in [1.165, 1.54) is 7.11 Å². The number of aromatic nitrogens is 1. The minimum Gasteiger partial charge on any atom is -0.492 e. The number of nitrogens with zero attached hydrogens (tertiary/aromatic N) is 1. The van der Waals surface area contributed by atoms with E-state index >= 15 is 0 Å². The third kappa shape index (κ3) is 1.79. The highest BCUT2D eigenvalue weighted by molar-refractivity contribution is 5.32. The summed E-state index contributed by atoms with van der Waals surface area (Å²) in [4.78, 5) is 3.81. The zero-order valence-electron chi connectivity index (χ0n) is 8.34. The van der Waals surface area contributed by atoms with E-state index < -0.39 is 11.6 Å². The predicted octanol–water partition coefficient (Wildman–Crippen LogP) is 1.78. The second-order valence-corrected chi connectivity index (χ2v) is 3.70. The molecule has 3 nitrogen and oxygen atoms in total. The van der Waals surface area contributed by atoms with E-state index in [9.17, 15) is 8.78 Å². The summed E-state index contributed by atoms with van der Waals surface area (Å²) < 4.78 is 31.0. The van der Waals surface area contributed by atoms with Crippen LogP contribution in [-0.2, 0) is 0 Å². The zero-order valence-corrected chi connectivity index (χ0v) is 8.34. The van der Waals surface area contributed by atoms with Crippen molar-refractivity contribution in [3.63, 3.8) is 0 Å². The van der Waals surface area contributed by atoms with Gasteiger partial charge in [0.2, 0.25) is 5.82 Å². The molecule has 1 aliphatic rings. The molecule has 1 aromatic heterocycles. The first kappa shape index (κ1) is 10.3. The lowest BCUT2D eigenvalue weighted by atomic mass is 10.1. The van der Waals surface area contributed by atoms with Gasteiger partial charge in [0.1, 0.15) is 5.69 Å². The summed E-state index contributed by atoms with van der Waals surface area (Å²) in [5, 5.41) is 0. The Labute approximate surface area is 86.3 Å². The first-order chi connectivity index (χ1) is 7.15. The molecule has 0 radical (unpaired) electrons. The SMILES string of the molecule is COc1c(C(N)C2CC2)ncc(F)c1F. The number of rotatable bonds is 3. The molecule has 0 amide bonds. The summed E-state index contributed by atoms with van der Waals surface area (Å²) in [6.45, 7) is 0. The molecule has 0 bridgehead atoms. The molecule has 1 aliphatic carbocycles. The first-order valence-electron chi connectivity index (χ1n) is 4.78. The minimum absolute atomic E-state index is 0.172. The zero-order chi connectivity index (χ0) is 11.0. The van der Waals surface area contributed by atoms with E-state index in [4.69, 9.17) is 10.5 Å². The van der Waals surface area contributed by atoms with Gasteiger partial charge in [-0.2, -0.15) is 4.39 Å². The van der Waals surface area contributed by atoms with Gasteiger partial charge in [0.25, 0.3) is 0 Å². The van der Waals surface area contributed by atoms with E-state index in [1.54, 1.807) is 0 Å². The number of pyridine rings is 1. The molecule has 15 heavy (non-hydrogen) atoms. The number of halogens is 2. The molecule has 2 N–H and O–H groups in total. The van der Waals surface area contributed by atoms with Crippen LogP contribution in [-0.4, -0.2) is 12.1 Å². The Morgan fingerprint density at radius 1 is 1.53 bits per heavy atom. The second-order valence-electron chi connectivity index (χ2n) is 3.70. The van der Waals surface area contributed by atoms with Crippen LogP contribution in [0.3, 0.4) is 0 Å². The minimum atomic E-state index is -1.02.